The Balaban J connectivity index is 1.30. The average molecular weight is 477 g/mol. The van der Waals surface area contributed by atoms with E-state index in [0.717, 1.165) is 15.7 Å². The van der Waals surface area contributed by atoms with Gasteiger partial charge in [-0.2, -0.15) is 0 Å². The lowest BCUT2D eigenvalue weighted by molar-refractivity contribution is -0.113. The van der Waals surface area contributed by atoms with E-state index < -0.39 is 0 Å². The van der Waals surface area contributed by atoms with E-state index in [-0.39, 0.29) is 17.6 Å². The maximum atomic E-state index is 12.6. The number of thioether (sulfide) groups is 1. The highest BCUT2D eigenvalue weighted by Crippen LogP contribution is 2.27. The van der Waals surface area contributed by atoms with Gasteiger partial charge in [0.1, 0.15) is 5.75 Å². The van der Waals surface area contributed by atoms with Gasteiger partial charge in [-0.25, -0.2) is 0 Å². The number of hydrogen-bond donors (Lipinski definition) is 2. The van der Waals surface area contributed by atoms with Crippen molar-refractivity contribution in [2.24, 2.45) is 0 Å². The zero-order valence-corrected chi connectivity index (χ0v) is 19.4. The Hall–Kier alpha value is -3.48. The standard InChI is InChI=1S/C26H21ClN2O3S/c1-32-24-13-10-21(15-23(24)27)28-25(30)16-33-22-11-8-20(9-12-22)29-26(31)19-7-6-17-4-2-3-5-18(17)14-19/h2-15H,16H2,1H3,(H,28,30)(H,29,31). The zero-order valence-electron chi connectivity index (χ0n) is 17.8. The van der Waals surface area contributed by atoms with Crippen molar-refractivity contribution in [1.29, 1.82) is 0 Å². The molecule has 2 N–H and O–H groups in total. The molecular formula is C26H21ClN2O3S. The molecule has 0 heterocycles. The lowest BCUT2D eigenvalue weighted by atomic mass is 10.1. The fourth-order valence-corrected chi connectivity index (χ4v) is 4.21. The zero-order chi connectivity index (χ0) is 23.2. The summed E-state index contributed by atoms with van der Waals surface area (Å²) in [6, 6.07) is 26.0. The summed E-state index contributed by atoms with van der Waals surface area (Å²) in [5.74, 6) is 0.484. The van der Waals surface area contributed by atoms with E-state index in [4.69, 9.17) is 16.3 Å². The quantitative estimate of drug-likeness (QED) is 0.299. The van der Waals surface area contributed by atoms with Crippen molar-refractivity contribution < 1.29 is 14.3 Å². The summed E-state index contributed by atoms with van der Waals surface area (Å²) in [7, 11) is 1.54. The number of halogens is 1. The Bertz CT molecular complexity index is 1310. The van der Waals surface area contributed by atoms with E-state index in [9.17, 15) is 9.59 Å². The number of fused-ring (bicyclic) bond motifs is 1. The Morgan fingerprint density at radius 1 is 0.848 bits per heavy atom. The topological polar surface area (TPSA) is 67.4 Å². The van der Waals surface area contributed by atoms with Gasteiger partial charge in [0.05, 0.1) is 17.9 Å². The highest BCUT2D eigenvalue weighted by molar-refractivity contribution is 8.00. The number of nitrogens with one attached hydrogen (secondary N) is 2. The summed E-state index contributed by atoms with van der Waals surface area (Å²) in [6.07, 6.45) is 0. The van der Waals surface area contributed by atoms with Gasteiger partial charge in [-0.05, 0) is 65.4 Å². The molecule has 0 aliphatic heterocycles. The summed E-state index contributed by atoms with van der Waals surface area (Å²) < 4.78 is 5.11. The predicted molar refractivity (Wildman–Crippen MR) is 136 cm³/mol. The molecule has 2 amide bonds. The second-order valence-corrected chi connectivity index (χ2v) is 8.68. The number of ether oxygens (including phenoxy) is 1. The molecular weight excluding hydrogens is 456 g/mol. The molecule has 4 aromatic rings. The number of benzene rings is 4. The molecule has 0 saturated heterocycles. The number of rotatable bonds is 7. The highest BCUT2D eigenvalue weighted by atomic mass is 35.5. The predicted octanol–water partition coefficient (Wildman–Crippen LogP) is 6.48. The van der Waals surface area contributed by atoms with Gasteiger partial charge in [-0.15, -0.1) is 11.8 Å². The van der Waals surface area contributed by atoms with Crippen molar-refractivity contribution in [3.63, 3.8) is 0 Å². The molecule has 0 aliphatic rings. The molecule has 0 saturated carbocycles. The molecule has 5 nitrogen and oxygen atoms in total. The summed E-state index contributed by atoms with van der Waals surface area (Å²) in [4.78, 5) is 25.8. The van der Waals surface area contributed by atoms with Crippen molar-refractivity contribution in [1.82, 2.24) is 0 Å². The molecule has 4 rings (SSSR count). The molecule has 0 spiro atoms. The van der Waals surface area contributed by atoms with E-state index in [2.05, 4.69) is 10.6 Å². The first-order chi connectivity index (χ1) is 16.0. The number of carbonyl (C=O) groups is 2. The molecule has 0 atom stereocenters. The van der Waals surface area contributed by atoms with Crippen LogP contribution in [0.15, 0.2) is 89.8 Å². The van der Waals surface area contributed by atoms with E-state index in [0.29, 0.717) is 27.7 Å². The monoisotopic (exact) mass is 476 g/mol. The first kappa shape index (κ1) is 22.7. The largest absolute Gasteiger partial charge is 0.495 e. The first-order valence-corrected chi connectivity index (χ1v) is 11.5. The second-order valence-electron chi connectivity index (χ2n) is 7.23. The Kier molecular flexibility index (Phi) is 7.17. The van der Waals surface area contributed by atoms with Crippen molar-refractivity contribution in [2.45, 2.75) is 4.90 Å². The smallest absolute Gasteiger partial charge is 0.255 e. The van der Waals surface area contributed by atoms with Crippen molar-refractivity contribution in [2.75, 3.05) is 23.5 Å². The summed E-state index contributed by atoms with van der Waals surface area (Å²) in [5.41, 5.74) is 1.90. The fourth-order valence-electron chi connectivity index (χ4n) is 3.26. The van der Waals surface area contributed by atoms with Crippen molar-refractivity contribution in [3.8, 4) is 5.75 Å². The van der Waals surface area contributed by atoms with Crippen LogP contribution in [-0.2, 0) is 4.79 Å². The van der Waals surface area contributed by atoms with Crippen LogP contribution in [0.5, 0.6) is 5.75 Å². The van der Waals surface area contributed by atoms with Gasteiger partial charge >= 0.3 is 0 Å². The number of anilines is 2. The number of methoxy groups -OCH3 is 1. The SMILES string of the molecule is COc1ccc(NC(=O)CSc2ccc(NC(=O)c3ccc4ccccc4c3)cc2)cc1Cl. The van der Waals surface area contributed by atoms with Crippen LogP contribution in [0.2, 0.25) is 5.02 Å². The van der Waals surface area contributed by atoms with Gasteiger partial charge in [-0.1, -0.05) is 41.9 Å². The van der Waals surface area contributed by atoms with Crippen LogP contribution in [-0.4, -0.2) is 24.7 Å². The molecule has 0 fully saturated rings. The third-order valence-corrected chi connectivity index (χ3v) is 6.24. The van der Waals surface area contributed by atoms with E-state index >= 15 is 0 Å². The highest BCUT2D eigenvalue weighted by Gasteiger charge is 2.09. The van der Waals surface area contributed by atoms with Crippen LogP contribution in [0.25, 0.3) is 10.8 Å². The van der Waals surface area contributed by atoms with Crippen LogP contribution < -0.4 is 15.4 Å². The Morgan fingerprint density at radius 2 is 1.58 bits per heavy atom. The maximum absolute atomic E-state index is 12.6. The first-order valence-electron chi connectivity index (χ1n) is 10.2. The fraction of sp³-hybridized carbons (Fsp3) is 0.0769. The van der Waals surface area contributed by atoms with E-state index in [1.54, 1.807) is 18.2 Å². The van der Waals surface area contributed by atoms with Gasteiger partial charge in [0.25, 0.3) is 5.91 Å². The molecule has 0 radical (unpaired) electrons. The molecule has 4 aromatic carbocycles. The summed E-state index contributed by atoms with van der Waals surface area (Å²) >= 11 is 7.49. The van der Waals surface area contributed by atoms with E-state index in [1.807, 2.05) is 66.7 Å². The number of amides is 2. The molecule has 0 unspecified atom stereocenters. The average Bonchev–Trinajstić information content (AvgIpc) is 2.83. The molecule has 33 heavy (non-hydrogen) atoms. The minimum atomic E-state index is -0.168. The molecule has 0 bridgehead atoms. The van der Waals surface area contributed by atoms with E-state index in [1.165, 1.54) is 18.9 Å². The minimum absolute atomic E-state index is 0.144. The summed E-state index contributed by atoms with van der Waals surface area (Å²) in [5, 5.41) is 8.28. The minimum Gasteiger partial charge on any atom is -0.495 e. The Labute approximate surface area is 201 Å². The van der Waals surface area contributed by atoms with Crippen molar-refractivity contribution >= 4 is 57.3 Å². The lowest BCUT2D eigenvalue weighted by Gasteiger charge is -2.09. The lowest BCUT2D eigenvalue weighted by Crippen LogP contribution is -2.14. The van der Waals surface area contributed by atoms with Gasteiger partial charge in [0.15, 0.2) is 0 Å². The normalized spacial score (nSPS) is 10.6. The number of hydrogen-bond acceptors (Lipinski definition) is 4. The van der Waals surface area contributed by atoms with Crippen molar-refractivity contribution in [3.05, 3.63) is 95.5 Å². The van der Waals surface area contributed by atoms with Gasteiger partial charge in [0, 0.05) is 21.8 Å². The van der Waals surface area contributed by atoms with Crippen LogP contribution in [0.1, 0.15) is 10.4 Å². The molecule has 166 valence electrons. The van der Waals surface area contributed by atoms with Crippen LogP contribution in [0.4, 0.5) is 11.4 Å². The Morgan fingerprint density at radius 3 is 2.30 bits per heavy atom. The molecule has 0 aliphatic carbocycles. The van der Waals surface area contributed by atoms with Gasteiger partial charge in [-0.3, -0.25) is 9.59 Å². The van der Waals surface area contributed by atoms with Gasteiger partial charge < -0.3 is 15.4 Å². The van der Waals surface area contributed by atoms with Gasteiger partial charge in [0.2, 0.25) is 5.91 Å². The second kappa shape index (κ2) is 10.4. The van der Waals surface area contributed by atoms with Crippen LogP contribution >= 0.6 is 23.4 Å². The van der Waals surface area contributed by atoms with Crippen LogP contribution in [0, 0.1) is 0 Å². The van der Waals surface area contributed by atoms with Crippen LogP contribution in [0.3, 0.4) is 0 Å². The third kappa shape index (κ3) is 5.86. The third-order valence-electron chi connectivity index (χ3n) is 4.93. The molecule has 7 heteroatoms. The summed E-state index contributed by atoms with van der Waals surface area (Å²) in [6.45, 7) is 0. The number of carbonyl (C=O) groups excluding carboxylic acids is 2. The molecule has 0 aromatic heterocycles. The maximum Gasteiger partial charge on any atom is 0.255 e.